The van der Waals surface area contributed by atoms with E-state index in [0.29, 0.717) is 18.3 Å². The van der Waals surface area contributed by atoms with Crippen LogP contribution < -0.4 is 20.6 Å². The molecule has 1 aliphatic heterocycles. The molecule has 2 aromatic rings. The summed E-state index contributed by atoms with van der Waals surface area (Å²) in [5.41, 5.74) is 1.71. The van der Waals surface area contributed by atoms with Crippen LogP contribution in [-0.2, 0) is 11.2 Å². The monoisotopic (exact) mass is 404 g/mol. The Labute approximate surface area is 165 Å². The minimum absolute atomic E-state index is 0.135. The van der Waals surface area contributed by atoms with Gasteiger partial charge < -0.3 is 15.4 Å². The van der Waals surface area contributed by atoms with E-state index in [4.69, 9.17) is 4.74 Å². The molecule has 3 rings (SSSR count). The molecule has 2 N–H and O–H groups in total. The van der Waals surface area contributed by atoms with E-state index in [0.717, 1.165) is 29.4 Å². The first kappa shape index (κ1) is 20.5. The second kappa shape index (κ2) is 8.01. The fourth-order valence-corrected chi connectivity index (χ4v) is 4.80. The molecule has 7 heteroatoms. The smallest absolute Gasteiger partial charge is 0.246 e. The van der Waals surface area contributed by atoms with Gasteiger partial charge in [0, 0.05) is 12.6 Å². The molecular weight excluding hydrogens is 378 g/mol. The van der Waals surface area contributed by atoms with E-state index in [1.807, 2.05) is 44.8 Å². The lowest BCUT2D eigenvalue weighted by molar-refractivity contribution is -0.118. The van der Waals surface area contributed by atoms with Gasteiger partial charge in [0.2, 0.25) is 5.91 Å². The van der Waals surface area contributed by atoms with Crippen LogP contribution in [0.5, 0.6) is 5.75 Å². The number of ether oxygens (including phenoxy) is 1. The Balaban J connectivity index is 1.84. The van der Waals surface area contributed by atoms with Crippen molar-refractivity contribution in [3.63, 3.8) is 0 Å². The Morgan fingerprint density at radius 1 is 1.21 bits per heavy atom. The molecule has 1 unspecified atom stereocenters. The zero-order chi connectivity index (χ0) is 20.5. The van der Waals surface area contributed by atoms with E-state index >= 15 is 0 Å². The number of amides is 1. The van der Waals surface area contributed by atoms with Gasteiger partial charge in [0.15, 0.2) is 0 Å². The van der Waals surface area contributed by atoms with Gasteiger partial charge in [-0.05, 0) is 47.9 Å². The number of halogens is 2. The summed E-state index contributed by atoms with van der Waals surface area (Å²) in [4.78, 5) is 12.8. The summed E-state index contributed by atoms with van der Waals surface area (Å²) < 4.78 is 34.5. The van der Waals surface area contributed by atoms with Gasteiger partial charge in [-0.2, -0.15) is 0 Å². The van der Waals surface area contributed by atoms with Crippen molar-refractivity contribution >= 4 is 24.9 Å². The number of anilines is 1. The fraction of sp³-hybridized carbons (Fsp3) is 0.381. The molecule has 1 amide bonds. The van der Waals surface area contributed by atoms with Crippen LogP contribution in [0.2, 0.25) is 19.6 Å². The Bertz CT molecular complexity index is 897. The lowest BCUT2D eigenvalue weighted by atomic mass is 9.93. The number of carbonyl (C=O) groups excluding carboxylic acids is 1. The zero-order valence-corrected chi connectivity index (χ0v) is 17.7. The van der Waals surface area contributed by atoms with Gasteiger partial charge in [-0.3, -0.25) is 4.79 Å². The van der Waals surface area contributed by atoms with Crippen molar-refractivity contribution in [3.05, 3.63) is 53.1 Å². The molecule has 1 atom stereocenters. The lowest BCUT2D eigenvalue weighted by Crippen LogP contribution is -2.41. The van der Waals surface area contributed by atoms with Gasteiger partial charge in [0.05, 0.1) is 20.4 Å². The molecule has 1 aliphatic rings. The third-order valence-corrected chi connectivity index (χ3v) is 6.86. The van der Waals surface area contributed by atoms with Gasteiger partial charge in [0.25, 0.3) is 0 Å². The SMILES string of the molecule is CCOc1ccc2c(c1)CCNC2C(=O)Nc1cc(F)c([Si](C)(C)C)cc1F. The molecule has 0 saturated heterocycles. The molecule has 0 aliphatic carbocycles. The van der Waals surface area contributed by atoms with Gasteiger partial charge >= 0.3 is 0 Å². The second-order valence-electron chi connectivity index (χ2n) is 7.98. The molecule has 0 aromatic heterocycles. The summed E-state index contributed by atoms with van der Waals surface area (Å²) in [6.45, 7) is 8.94. The average molecular weight is 405 g/mol. The largest absolute Gasteiger partial charge is 0.494 e. The summed E-state index contributed by atoms with van der Waals surface area (Å²) in [6.07, 6.45) is 0.772. The average Bonchev–Trinajstić information content (AvgIpc) is 2.63. The minimum Gasteiger partial charge on any atom is -0.494 e. The molecule has 4 nitrogen and oxygen atoms in total. The van der Waals surface area contributed by atoms with E-state index in [2.05, 4.69) is 10.6 Å². The number of rotatable bonds is 5. The Morgan fingerprint density at radius 2 is 1.96 bits per heavy atom. The highest BCUT2D eigenvalue weighted by Crippen LogP contribution is 2.28. The number of hydrogen-bond acceptors (Lipinski definition) is 3. The Kier molecular flexibility index (Phi) is 5.86. The molecule has 1 heterocycles. The predicted molar refractivity (Wildman–Crippen MR) is 110 cm³/mol. The maximum Gasteiger partial charge on any atom is 0.246 e. The van der Waals surface area contributed by atoms with Gasteiger partial charge in [-0.15, -0.1) is 0 Å². The number of benzene rings is 2. The Morgan fingerprint density at radius 3 is 2.64 bits per heavy atom. The number of hydrogen-bond donors (Lipinski definition) is 2. The standard InChI is InChI=1S/C21H26F2N2O2Si/c1-5-27-14-6-7-15-13(10-14)8-9-24-20(15)21(26)25-18-11-17(23)19(12-16(18)22)28(2,3)4/h6-7,10-12,20,24H,5,8-9H2,1-4H3,(H,25,26). The highest BCUT2D eigenvalue weighted by Gasteiger charge is 2.28. The molecule has 0 saturated carbocycles. The van der Waals surface area contributed by atoms with Crippen LogP contribution >= 0.6 is 0 Å². The van der Waals surface area contributed by atoms with Crippen LogP contribution in [0.15, 0.2) is 30.3 Å². The second-order valence-corrected chi connectivity index (χ2v) is 13.0. The van der Waals surface area contributed by atoms with Crippen LogP contribution in [0.3, 0.4) is 0 Å². The topological polar surface area (TPSA) is 50.4 Å². The van der Waals surface area contributed by atoms with Crippen molar-refractivity contribution in [1.29, 1.82) is 0 Å². The molecule has 0 bridgehead atoms. The summed E-state index contributed by atoms with van der Waals surface area (Å²) >= 11 is 0. The van der Waals surface area contributed by atoms with Crippen LogP contribution in [0.4, 0.5) is 14.5 Å². The van der Waals surface area contributed by atoms with Crippen molar-refractivity contribution in [3.8, 4) is 5.75 Å². The van der Waals surface area contributed by atoms with Crippen molar-refractivity contribution in [2.24, 2.45) is 0 Å². The molecule has 28 heavy (non-hydrogen) atoms. The van der Waals surface area contributed by atoms with Crippen LogP contribution in [0.1, 0.15) is 24.1 Å². The van der Waals surface area contributed by atoms with E-state index in [9.17, 15) is 13.6 Å². The molecule has 0 spiro atoms. The van der Waals surface area contributed by atoms with Crippen LogP contribution in [0, 0.1) is 11.6 Å². The van der Waals surface area contributed by atoms with E-state index in [1.165, 1.54) is 6.07 Å². The minimum atomic E-state index is -2.02. The first-order valence-corrected chi connectivity index (χ1v) is 13.0. The fourth-order valence-electron chi connectivity index (χ4n) is 3.45. The van der Waals surface area contributed by atoms with E-state index in [-0.39, 0.29) is 5.69 Å². The maximum atomic E-state index is 14.5. The molecule has 0 fully saturated rings. The van der Waals surface area contributed by atoms with Crippen molar-refractivity contribution < 1.29 is 18.3 Å². The van der Waals surface area contributed by atoms with Gasteiger partial charge in [-0.1, -0.05) is 25.7 Å². The highest BCUT2D eigenvalue weighted by molar-refractivity contribution is 6.88. The number of carbonyl (C=O) groups is 1. The summed E-state index contributed by atoms with van der Waals surface area (Å²) in [5, 5.41) is 6.11. The molecular formula is C21H26F2N2O2Si. The molecule has 2 aromatic carbocycles. The Hall–Kier alpha value is -2.25. The first-order valence-electron chi connectivity index (χ1n) is 9.50. The summed E-state index contributed by atoms with van der Waals surface area (Å²) in [7, 11) is -2.02. The predicted octanol–water partition coefficient (Wildman–Crippen LogP) is 3.73. The molecule has 150 valence electrons. The molecule has 0 radical (unpaired) electrons. The lowest BCUT2D eigenvalue weighted by Gasteiger charge is -2.27. The third-order valence-electron chi connectivity index (χ3n) is 4.86. The number of nitrogens with one attached hydrogen (secondary N) is 2. The summed E-state index contributed by atoms with van der Waals surface area (Å²) in [6, 6.07) is 7.28. The third kappa shape index (κ3) is 4.25. The van der Waals surface area contributed by atoms with E-state index < -0.39 is 31.7 Å². The van der Waals surface area contributed by atoms with Crippen molar-refractivity contribution in [2.75, 3.05) is 18.5 Å². The summed E-state index contributed by atoms with van der Waals surface area (Å²) in [5.74, 6) is -0.745. The van der Waals surface area contributed by atoms with E-state index in [1.54, 1.807) is 0 Å². The first-order chi connectivity index (χ1) is 13.2. The normalized spacial score (nSPS) is 16.4. The maximum absolute atomic E-state index is 14.5. The van der Waals surface area contributed by atoms with Gasteiger partial charge in [0.1, 0.15) is 23.4 Å². The zero-order valence-electron chi connectivity index (χ0n) is 16.7. The van der Waals surface area contributed by atoms with Crippen molar-refractivity contribution in [2.45, 2.75) is 39.0 Å². The van der Waals surface area contributed by atoms with Crippen LogP contribution in [-0.4, -0.2) is 27.1 Å². The highest BCUT2D eigenvalue weighted by atomic mass is 28.3. The van der Waals surface area contributed by atoms with Crippen LogP contribution in [0.25, 0.3) is 0 Å². The van der Waals surface area contributed by atoms with Crippen molar-refractivity contribution in [1.82, 2.24) is 5.32 Å². The van der Waals surface area contributed by atoms with Gasteiger partial charge in [-0.25, -0.2) is 8.78 Å². The number of fused-ring (bicyclic) bond motifs is 1. The quantitative estimate of drug-likeness (QED) is 0.747.